The minimum Gasteiger partial charge on any atom is -0.497 e. The Balaban J connectivity index is 1.62. The van der Waals surface area contributed by atoms with Crippen molar-refractivity contribution in [3.8, 4) is 5.75 Å². The first kappa shape index (κ1) is 22.8. The summed E-state index contributed by atoms with van der Waals surface area (Å²) in [7, 11) is -2.30. The number of rotatable bonds is 6. The molecule has 0 unspecified atom stereocenters. The average molecular weight is 454 g/mol. The predicted octanol–water partition coefficient (Wildman–Crippen LogP) is 3.19. The van der Waals surface area contributed by atoms with E-state index in [1.807, 2.05) is 19.9 Å². The van der Waals surface area contributed by atoms with Gasteiger partial charge in [-0.15, -0.1) is 0 Å². The summed E-state index contributed by atoms with van der Waals surface area (Å²) in [6.45, 7) is 3.84. The second kappa shape index (κ2) is 9.52. The van der Waals surface area contributed by atoms with E-state index in [0.29, 0.717) is 17.0 Å². The second-order valence-corrected chi connectivity index (χ2v) is 8.75. The van der Waals surface area contributed by atoms with Crippen LogP contribution in [0.15, 0.2) is 71.6 Å². The van der Waals surface area contributed by atoms with Crippen molar-refractivity contribution in [2.75, 3.05) is 11.8 Å². The van der Waals surface area contributed by atoms with Gasteiger partial charge in [0, 0.05) is 16.8 Å². The molecule has 3 aromatic rings. The molecule has 0 bridgehead atoms. The Hall–Kier alpha value is -3.85. The fraction of sp³-hybridized carbons (Fsp3) is 0.130. The molecule has 0 heterocycles. The standard InChI is InChI=1S/C23H23N3O5S/c1-15-4-9-19(14-16(15)2)26-32(29,30)21-12-7-18(8-13-21)23(28)25-24-22(27)17-5-10-20(31-3)11-6-17/h4-14,26H,1-3H3,(H,24,27)(H,25,28). The lowest BCUT2D eigenvalue weighted by Gasteiger charge is -2.11. The van der Waals surface area contributed by atoms with Crippen molar-refractivity contribution in [2.24, 2.45) is 0 Å². The van der Waals surface area contributed by atoms with Crippen LogP contribution in [0.25, 0.3) is 0 Å². The second-order valence-electron chi connectivity index (χ2n) is 7.07. The van der Waals surface area contributed by atoms with Gasteiger partial charge in [0.1, 0.15) is 5.75 Å². The zero-order valence-electron chi connectivity index (χ0n) is 17.8. The maximum Gasteiger partial charge on any atom is 0.269 e. The number of ether oxygens (including phenoxy) is 1. The highest BCUT2D eigenvalue weighted by atomic mass is 32.2. The highest BCUT2D eigenvalue weighted by Gasteiger charge is 2.16. The molecule has 8 nitrogen and oxygen atoms in total. The van der Waals surface area contributed by atoms with E-state index in [1.54, 1.807) is 36.4 Å². The molecule has 0 aromatic heterocycles. The summed E-state index contributed by atoms with van der Waals surface area (Å²) >= 11 is 0. The molecule has 9 heteroatoms. The van der Waals surface area contributed by atoms with Gasteiger partial charge in [-0.1, -0.05) is 6.07 Å². The molecule has 0 saturated carbocycles. The lowest BCUT2D eigenvalue weighted by Crippen LogP contribution is -2.41. The molecule has 32 heavy (non-hydrogen) atoms. The molecule has 0 spiro atoms. The van der Waals surface area contributed by atoms with Gasteiger partial charge >= 0.3 is 0 Å². The van der Waals surface area contributed by atoms with Crippen LogP contribution in [0.3, 0.4) is 0 Å². The van der Waals surface area contributed by atoms with Crippen LogP contribution in [0, 0.1) is 13.8 Å². The minimum absolute atomic E-state index is 0.00884. The van der Waals surface area contributed by atoms with E-state index in [0.717, 1.165) is 11.1 Å². The van der Waals surface area contributed by atoms with E-state index in [4.69, 9.17) is 4.74 Å². The summed E-state index contributed by atoms with van der Waals surface area (Å²) in [5, 5.41) is 0. The van der Waals surface area contributed by atoms with Gasteiger partial charge in [-0.2, -0.15) is 0 Å². The predicted molar refractivity (Wildman–Crippen MR) is 121 cm³/mol. The van der Waals surface area contributed by atoms with Crippen molar-refractivity contribution >= 4 is 27.5 Å². The first-order chi connectivity index (χ1) is 15.2. The minimum atomic E-state index is -3.81. The molecule has 3 aromatic carbocycles. The Labute approximate surface area is 186 Å². The third kappa shape index (κ3) is 5.44. The van der Waals surface area contributed by atoms with Gasteiger partial charge in [0.15, 0.2) is 0 Å². The Bertz CT molecular complexity index is 1240. The van der Waals surface area contributed by atoms with Crippen molar-refractivity contribution in [3.05, 3.63) is 89.0 Å². The highest BCUT2D eigenvalue weighted by Crippen LogP contribution is 2.19. The third-order valence-corrected chi connectivity index (χ3v) is 6.22. The maximum atomic E-state index is 12.6. The van der Waals surface area contributed by atoms with Crippen LogP contribution in [-0.2, 0) is 10.0 Å². The zero-order valence-corrected chi connectivity index (χ0v) is 18.6. The van der Waals surface area contributed by atoms with Gasteiger partial charge in [0.05, 0.1) is 12.0 Å². The molecule has 0 aliphatic carbocycles. The topological polar surface area (TPSA) is 114 Å². The summed E-state index contributed by atoms with van der Waals surface area (Å²) < 4.78 is 32.8. The number of amides is 2. The summed E-state index contributed by atoms with van der Waals surface area (Å²) in [6.07, 6.45) is 0. The van der Waals surface area contributed by atoms with Crippen molar-refractivity contribution in [1.82, 2.24) is 10.9 Å². The lowest BCUT2D eigenvalue weighted by atomic mass is 10.1. The molecule has 0 saturated heterocycles. The number of methoxy groups -OCH3 is 1. The van der Waals surface area contributed by atoms with E-state index in [2.05, 4.69) is 15.6 Å². The first-order valence-electron chi connectivity index (χ1n) is 9.64. The summed E-state index contributed by atoms with van der Waals surface area (Å²) in [5.41, 5.74) is 7.62. The normalized spacial score (nSPS) is 10.8. The van der Waals surface area contributed by atoms with Crippen LogP contribution >= 0.6 is 0 Å². The maximum absolute atomic E-state index is 12.6. The molecule has 3 rings (SSSR count). The third-order valence-electron chi connectivity index (χ3n) is 4.83. The van der Waals surface area contributed by atoms with E-state index in [1.165, 1.54) is 31.4 Å². The molecule has 2 amide bonds. The molecule has 3 N–H and O–H groups in total. The zero-order chi connectivity index (χ0) is 23.3. The molecule has 0 atom stereocenters. The van der Waals surface area contributed by atoms with Crippen LogP contribution in [0.4, 0.5) is 5.69 Å². The summed E-state index contributed by atoms with van der Waals surface area (Å²) in [4.78, 5) is 24.4. The van der Waals surface area contributed by atoms with Crippen molar-refractivity contribution in [1.29, 1.82) is 0 Å². The average Bonchev–Trinajstić information content (AvgIpc) is 2.79. The van der Waals surface area contributed by atoms with Crippen LogP contribution in [-0.4, -0.2) is 27.3 Å². The summed E-state index contributed by atoms with van der Waals surface area (Å²) in [5.74, 6) is -0.483. The fourth-order valence-corrected chi connectivity index (χ4v) is 3.85. The van der Waals surface area contributed by atoms with Gasteiger partial charge in [0.25, 0.3) is 21.8 Å². The molecular weight excluding hydrogens is 430 g/mol. The first-order valence-corrected chi connectivity index (χ1v) is 11.1. The Morgan fingerprint density at radius 2 is 1.28 bits per heavy atom. The number of sulfonamides is 1. The van der Waals surface area contributed by atoms with Crippen molar-refractivity contribution < 1.29 is 22.7 Å². The number of carbonyl (C=O) groups excluding carboxylic acids is 2. The van der Waals surface area contributed by atoms with Crippen LogP contribution in [0.2, 0.25) is 0 Å². The van der Waals surface area contributed by atoms with Crippen LogP contribution in [0.5, 0.6) is 5.75 Å². The largest absolute Gasteiger partial charge is 0.497 e. The number of hydrogen-bond acceptors (Lipinski definition) is 5. The van der Waals surface area contributed by atoms with E-state index >= 15 is 0 Å². The number of nitrogens with one attached hydrogen (secondary N) is 3. The van der Waals surface area contributed by atoms with E-state index < -0.39 is 21.8 Å². The van der Waals surface area contributed by atoms with Crippen LogP contribution in [0.1, 0.15) is 31.8 Å². The molecule has 0 radical (unpaired) electrons. The Kier molecular flexibility index (Phi) is 6.79. The van der Waals surface area contributed by atoms with Gasteiger partial charge < -0.3 is 4.74 Å². The molecule has 166 valence electrons. The van der Waals surface area contributed by atoms with Gasteiger partial charge in [-0.05, 0) is 85.6 Å². The Morgan fingerprint density at radius 3 is 1.78 bits per heavy atom. The smallest absolute Gasteiger partial charge is 0.269 e. The van der Waals surface area contributed by atoms with Crippen LogP contribution < -0.4 is 20.3 Å². The number of carbonyl (C=O) groups is 2. The van der Waals surface area contributed by atoms with Gasteiger partial charge in [-0.25, -0.2) is 8.42 Å². The SMILES string of the molecule is COc1ccc(C(=O)NNC(=O)c2ccc(S(=O)(=O)Nc3ccc(C)c(C)c3)cc2)cc1. The van der Waals surface area contributed by atoms with E-state index in [-0.39, 0.29) is 10.5 Å². The quantitative estimate of drug-likeness (QED) is 0.496. The fourth-order valence-electron chi connectivity index (χ4n) is 2.80. The number of aryl methyl sites for hydroxylation is 2. The molecule has 0 aliphatic rings. The Morgan fingerprint density at radius 1 is 0.750 bits per heavy atom. The number of hydrogen-bond donors (Lipinski definition) is 3. The summed E-state index contributed by atoms with van der Waals surface area (Å²) in [6, 6.07) is 17.0. The lowest BCUT2D eigenvalue weighted by molar-refractivity contribution is 0.0846. The number of hydrazine groups is 1. The molecular formula is C23H23N3O5S. The van der Waals surface area contributed by atoms with Crippen molar-refractivity contribution in [3.63, 3.8) is 0 Å². The molecule has 0 aliphatic heterocycles. The monoisotopic (exact) mass is 453 g/mol. The van der Waals surface area contributed by atoms with E-state index in [9.17, 15) is 18.0 Å². The van der Waals surface area contributed by atoms with Gasteiger partial charge in [0.2, 0.25) is 0 Å². The van der Waals surface area contributed by atoms with Crippen molar-refractivity contribution in [2.45, 2.75) is 18.7 Å². The highest BCUT2D eigenvalue weighted by molar-refractivity contribution is 7.92. The molecule has 0 fully saturated rings. The number of anilines is 1. The number of benzene rings is 3. The van der Waals surface area contributed by atoms with Gasteiger partial charge in [-0.3, -0.25) is 25.2 Å².